The Balaban J connectivity index is 2.07. The highest BCUT2D eigenvalue weighted by molar-refractivity contribution is 9.10. The Morgan fingerprint density at radius 3 is 2.53 bits per heavy atom. The molecule has 32 heavy (non-hydrogen) atoms. The van der Waals surface area contributed by atoms with E-state index in [2.05, 4.69) is 15.9 Å². The van der Waals surface area contributed by atoms with Crippen LogP contribution in [-0.4, -0.2) is 60.4 Å². The van der Waals surface area contributed by atoms with Crippen LogP contribution in [0.25, 0.3) is 5.76 Å². The van der Waals surface area contributed by atoms with E-state index in [1.807, 2.05) is 50.2 Å². The smallest absolute Gasteiger partial charge is 0.295 e. The molecule has 3 rings (SSSR count). The summed E-state index contributed by atoms with van der Waals surface area (Å²) in [6, 6.07) is 13.8. The van der Waals surface area contributed by atoms with Crippen molar-refractivity contribution in [3.8, 4) is 5.75 Å². The summed E-state index contributed by atoms with van der Waals surface area (Å²) in [7, 11) is 3.93. The number of rotatable bonds is 9. The second-order valence-electron chi connectivity index (χ2n) is 8.08. The molecule has 1 N–H and O–H groups in total. The second-order valence-corrected chi connectivity index (χ2v) is 8.99. The molecule has 7 heteroatoms. The Hall–Kier alpha value is -2.64. The van der Waals surface area contributed by atoms with Gasteiger partial charge in [-0.2, -0.15) is 0 Å². The number of nitrogens with zero attached hydrogens (tertiary/aromatic N) is 2. The van der Waals surface area contributed by atoms with Gasteiger partial charge in [-0.25, -0.2) is 0 Å². The van der Waals surface area contributed by atoms with Crippen molar-refractivity contribution in [2.75, 3.05) is 33.8 Å². The highest BCUT2D eigenvalue weighted by Crippen LogP contribution is 2.40. The van der Waals surface area contributed by atoms with Crippen molar-refractivity contribution < 1.29 is 19.4 Å². The average Bonchev–Trinajstić information content (AvgIpc) is 3.02. The summed E-state index contributed by atoms with van der Waals surface area (Å²) in [6.07, 6.45) is 1.58. The zero-order chi connectivity index (χ0) is 23.3. The van der Waals surface area contributed by atoms with Gasteiger partial charge in [-0.1, -0.05) is 47.1 Å². The first kappa shape index (κ1) is 24.0. The van der Waals surface area contributed by atoms with E-state index in [0.717, 1.165) is 23.0 Å². The van der Waals surface area contributed by atoms with Gasteiger partial charge in [0, 0.05) is 16.6 Å². The fraction of sp³-hybridized carbons (Fsp3) is 0.360. The molecular weight excluding hydrogens is 472 g/mol. The lowest BCUT2D eigenvalue weighted by molar-refractivity contribution is -0.139. The van der Waals surface area contributed by atoms with E-state index < -0.39 is 17.7 Å². The van der Waals surface area contributed by atoms with Crippen LogP contribution in [0.3, 0.4) is 0 Å². The molecule has 0 aromatic heterocycles. The van der Waals surface area contributed by atoms with Gasteiger partial charge < -0.3 is 19.6 Å². The molecule has 2 aromatic rings. The number of likely N-dealkylation sites (tertiary alicyclic amines) is 1. The Kier molecular flexibility index (Phi) is 8.10. The number of Topliss-reactive ketones (excluding diaryl/α,β-unsaturated/α-hetero) is 1. The lowest BCUT2D eigenvalue weighted by atomic mass is 9.95. The van der Waals surface area contributed by atoms with Crippen molar-refractivity contribution in [1.29, 1.82) is 0 Å². The predicted octanol–water partition coefficient (Wildman–Crippen LogP) is 4.61. The molecule has 1 fully saturated rings. The number of ketones is 1. The average molecular weight is 501 g/mol. The van der Waals surface area contributed by atoms with Crippen LogP contribution in [0.4, 0.5) is 0 Å². The van der Waals surface area contributed by atoms with Gasteiger partial charge in [-0.05, 0) is 63.3 Å². The summed E-state index contributed by atoms with van der Waals surface area (Å²) < 4.78 is 6.63. The Labute approximate surface area is 197 Å². The van der Waals surface area contributed by atoms with Crippen LogP contribution in [0.1, 0.15) is 36.9 Å². The molecule has 6 nitrogen and oxygen atoms in total. The maximum Gasteiger partial charge on any atom is 0.295 e. The van der Waals surface area contributed by atoms with Crippen LogP contribution in [0.5, 0.6) is 5.75 Å². The van der Waals surface area contributed by atoms with Gasteiger partial charge in [-0.3, -0.25) is 9.59 Å². The SMILES string of the molecule is CCCOc1cccc(C2/C(=C(/O)c3ccc(Br)cc3)C(=O)C(=O)N2CCCN(C)C)c1. The van der Waals surface area contributed by atoms with Gasteiger partial charge in [0.1, 0.15) is 11.5 Å². The van der Waals surface area contributed by atoms with Crippen molar-refractivity contribution >= 4 is 33.4 Å². The highest BCUT2D eigenvalue weighted by atomic mass is 79.9. The van der Waals surface area contributed by atoms with Gasteiger partial charge in [0.2, 0.25) is 0 Å². The Bertz CT molecular complexity index is 1000. The minimum absolute atomic E-state index is 0.106. The fourth-order valence-corrected chi connectivity index (χ4v) is 4.04. The minimum atomic E-state index is -0.675. The molecular formula is C25H29BrN2O4. The standard InChI is InChI=1S/C25H29BrN2O4/c1-4-15-32-20-8-5-7-18(16-20)22-21(23(29)17-9-11-19(26)12-10-17)24(30)25(31)28(22)14-6-13-27(2)3/h5,7-12,16,22,29H,4,6,13-15H2,1-3H3/b23-21-. The largest absolute Gasteiger partial charge is 0.507 e. The molecule has 1 unspecified atom stereocenters. The normalized spacial score (nSPS) is 17.9. The van der Waals surface area contributed by atoms with E-state index in [0.29, 0.717) is 30.9 Å². The van der Waals surface area contributed by atoms with Crippen LogP contribution in [0.15, 0.2) is 58.6 Å². The molecule has 2 aromatic carbocycles. The van der Waals surface area contributed by atoms with E-state index >= 15 is 0 Å². The van der Waals surface area contributed by atoms with Crippen molar-refractivity contribution in [2.24, 2.45) is 0 Å². The maximum atomic E-state index is 13.1. The molecule has 1 heterocycles. The number of hydrogen-bond acceptors (Lipinski definition) is 5. The molecule has 1 atom stereocenters. The molecule has 0 radical (unpaired) electrons. The van der Waals surface area contributed by atoms with E-state index in [9.17, 15) is 14.7 Å². The molecule has 1 saturated heterocycles. The fourth-order valence-electron chi connectivity index (χ4n) is 3.77. The minimum Gasteiger partial charge on any atom is -0.507 e. The molecule has 1 amide bonds. The number of aliphatic hydroxyl groups excluding tert-OH is 1. The first-order valence-electron chi connectivity index (χ1n) is 10.7. The van der Waals surface area contributed by atoms with Gasteiger partial charge in [0.15, 0.2) is 0 Å². The second kappa shape index (κ2) is 10.8. The number of carbonyl (C=O) groups excluding carboxylic acids is 2. The highest BCUT2D eigenvalue weighted by Gasteiger charge is 2.45. The van der Waals surface area contributed by atoms with Crippen molar-refractivity contribution in [1.82, 2.24) is 9.80 Å². The summed E-state index contributed by atoms with van der Waals surface area (Å²) in [5.74, 6) is -0.754. The summed E-state index contributed by atoms with van der Waals surface area (Å²) in [4.78, 5) is 29.7. The number of amides is 1. The topological polar surface area (TPSA) is 70.1 Å². The Morgan fingerprint density at radius 1 is 1.16 bits per heavy atom. The number of aliphatic hydroxyl groups is 1. The van der Waals surface area contributed by atoms with Gasteiger partial charge in [-0.15, -0.1) is 0 Å². The first-order valence-corrected chi connectivity index (χ1v) is 11.5. The third-order valence-corrected chi connectivity index (χ3v) is 5.84. The number of ether oxygens (including phenoxy) is 1. The first-order chi connectivity index (χ1) is 15.3. The number of carbonyl (C=O) groups is 2. The molecule has 0 saturated carbocycles. The van der Waals surface area contributed by atoms with Gasteiger partial charge in [0.05, 0.1) is 18.2 Å². The monoisotopic (exact) mass is 500 g/mol. The lowest BCUT2D eigenvalue weighted by Crippen LogP contribution is -2.32. The van der Waals surface area contributed by atoms with E-state index in [1.54, 1.807) is 29.2 Å². The zero-order valence-electron chi connectivity index (χ0n) is 18.7. The van der Waals surface area contributed by atoms with Crippen LogP contribution < -0.4 is 4.74 Å². The molecule has 0 spiro atoms. The summed E-state index contributed by atoms with van der Waals surface area (Å²) in [5, 5.41) is 11.1. The Morgan fingerprint density at radius 2 is 1.88 bits per heavy atom. The van der Waals surface area contributed by atoms with Crippen molar-refractivity contribution in [2.45, 2.75) is 25.8 Å². The molecule has 1 aliphatic rings. The number of halogens is 1. The molecule has 1 aliphatic heterocycles. The summed E-state index contributed by atoms with van der Waals surface area (Å²) in [6.45, 7) is 3.79. The van der Waals surface area contributed by atoms with E-state index in [1.165, 1.54) is 0 Å². The van der Waals surface area contributed by atoms with Crippen LogP contribution in [0.2, 0.25) is 0 Å². The molecule has 0 bridgehead atoms. The summed E-state index contributed by atoms with van der Waals surface area (Å²) in [5.41, 5.74) is 1.33. The van der Waals surface area contributed by atoms with Crippen molar-refractivity contribution in [3.05, 3.63) is 69.7 Å². The molecule has 0 aliphatic carbocycles. The van der Waals surface area contributed by atoms with Gasteiger partial charge in [0.25, 0.3) is 11.7 Å². The predicted molar refractivity (Wildman–Crippen MR) is 129 cm³/mol. The van der Waals surface area contributed by atoms with E-state index in [-0.39, 0.29) is 11.3 Å². The molecule has 170 valence electrons. The summed E-state index contributed by atoms with van der Waals surface area (Å²) >= 11 is 3.38. The third-order valence-electron chi connectivity index (χ3n) is 5.31. The van der Waals surface area contributed by atoms with Gasteiger partial charge >= 0.3 is 0 Å². The van der Waals surface area contributed by atoms with Crippen LogP contribution in [-0.2, 0) is 9.59 Å². The number of benzene rings is 2. The van der Waals surface area contributed by atoms with Crippen molar-refractivity contribution in [3.63, 3.8) is 0 Å². The van der Waals surface area contributed by atoms with E-state index in [4.69, 9.17) is 4.74 Å². The number of hydrogen-bond donors (Lipinski definition) is 1. The maximum absolute atomic E-state index is 13.1. The quantitative estimate of drug-likeness (QED) is 0.309. The third kappa shape index (κ3) is 5.40. The van der Waals surface area contributed by atoms with Crippen LogP contribution >= 0.6 is 15.9 Å². The lowest BCUT2D eigenvalue weighted by Gasteiger charge is -2.26. The van der Waals surface area contributed by atoms with Crippen LogP contribution in [0, 0.1) is 0 Å². The zero-order valence-corrected chi connectivity index (χ0v) is 20.3.